The van der Waals surface area contributed by atoms with E-state index in [2.05, 4.69) is 52.1 Å². The fourth-order valence-corrected chi connectivity index (χ4v) is 3.20. The van der Waals surface area contributed by atoms with E-state index in [1.807, 2.05) is 0 Å². The molecule has 0 spiro atoms. The zero-order chi connectivity index (χ0) is 13.8. The van der Waals surface area contributed by atoms with Crippen molar-refractivity contribution in [3.63, 3.8) is 0 Å². The zero-order valence-corrected chi connectivity index (χ0v) is 13.6. The van der Waals surface area contributed by atoms with Crippen LogP contribution in [-0.2, 0) is 6.54 Å². The van der Waals surface area contributed by atoms with Crippen molar-refractivity contribution >= 4 is 15.9 Å². The van der Waals surface area contributed by atoms with Gasteiger partial charge in [-0.1, -0.05) is 29.8 Å². The third kappa shape index (κ3) is 3.71. The fraction of sp³-hybridized carbons (Fsp3) is 0.600. The molecule has 0 aliphatic carbocycles. The number of methoxy groups -OCH3 is 1. The second kappa shape index (κ2) is 6.73. The molecule has 1 heterocycles. The summed E-state index contributed by atoms with van der Waals surface area (Å²) in [5.74, 6) is 1.47. The van der Waals surface area contributed by atoms with E-state index >= 15 is 0 Å². The number of benzene rings is 1. The maximum absolute atomic E-state index is 5.56. The maximum Gasteiger partial charge on any atom is 0.123 e. The topological polar surface area (TPSA) is 24.5 Å². The van der Waals surface area contributed by atoms with Crippen LogP contribution in [0.2, 0.25) is 0 Å². The van der Waals surface area contributed by atoms with Crippen LogP contribution in [0.25, 0.3) is 0 Å². The molecule has 0 atom stereocenters. The number of hydrogen-bond donors (Lipinski definition) is 1. The Morgan fingerprint density at radius 3 is 2.58 bits per heavy atom. The smallest absolute Gasteiger partial charge is 0.123 e. The van der Waals surface area contributed by atoms with Crippen LogP contribution in [0.4, 0.5) is 0 Å². The summed E-state index contributed by atoms with van der Waals surface area (Å²) in [7, 11) is 1.75. The van der Waals surface area contributed by atoms with Crippen molar-refractivity contribution in [3.05, 3.63) is 27.7 Å². The van der Waals surface area contributed by atoms with Crippen molar-refractivity contribution in [1.82, 2.24) is 10.2 Å². The van der Waals surface area contributed by atoms with Gasteiger partial charge in [0.15, 0.2) is 0 Å². The molecule has 0 bridgehead atoms. The molecular weight excluding hydrogens is 304 g/mol. The van der Waals surface area contributed by atoms with Gasteiger partial charge in [0.1, 0.15) is 5.75 Å². The van der Waals surface area contributed by atoms with Crippen LogP contribution >= 0.6 is 15.9 Å². The van der Waals surface area contributed by atoms with Crippen LogP contribution in [0.3, 0.4) is 0 Å². The Labute approximate surface area is 124 Å². The number of nitrogens with zero attached hydrogens (tertiary/aromatic N) is 1. The van der Waals surface area contributed by atoms with Gasteiger partial charge < -0.3 is 10.1 Å². The summed E-state index contributed by atoms with van der Waals surface area (Å²) in [4.78, 5) is 2.50. The average Bonchev–Trinajstić information content (AvgIpc) is 2.38. The molecule has 0 aromatic heterocycles. The number of ether oxygens (including phenoxy) is 1. The number of piperazine rings is 1. The third-order valence-corrected chi connectivity index (χ3v) is 4.05. The summed E-state index contributed by atoms with van der Waals surface area (Å²) >= 11 is 3.59. The molecule has 1 fully saturated rings. The van der Waals surface area contributed by atoms with Crippen molar-refractivity contribution in [3.8, 4) is 5.75 Å². The molecule has 2 rings (SSSR count). The van der Waals surface area contributed by atoms with Gasteiger partial charge in [0.2, 0.25) is 0 Å². The summed E-state index contributed by atoms with van der Waals surface area (Å²) in [6, 6.07) is 4.30. The van der Waals surface area contributed by atoms with E-state index in [4.69, 9.17) is 4.74 Å². The molecule has 1 N–H and O–H groups in total. The van der Waals surface area contributed by atoms with E-state index < -0.39 is 0 Å². The van der Waals surface area contributed by atoms with E-state index in [0.717, 1.165) is 42.9 Å². The first-order valence-electron chi connectivity index (χ1n) is 6.91. The summed E-state index contributed by atoms with van der Waals surface area (Å²) in [6.45, 7) is 9.87. The molecule has 1 aliphatic heterocycles. The van der Waals surface area contributed by atoms with Crippen LogP contribution in [0.5, 0.6) is 5.75 Å². The molecule has 1 aliphatic rings. The van der Waals surface area contributed by atoms with Gasteiger partial charge >= 0.3 is 0 Å². The highest BCUT2D eigenvalue weighted by molar-refractivity contribution is 9.10. The monoisotopic (exact) mass is 326 g/mol. The molecular formula is C15H23BrN2O. The van der Waals surface area contributed by atoms with Crippen LogP contribution in [0.15, 0.2) is 16.6 Å². The molecule has 3 nitrogen and oxygen atoms in total. The van der Waals surface area contributed by atoms with Crippen LogP contribution < -0.4 is 10.1 Å². The molecule has 0 radical (unpaired) electrons. The molecule has 1 saturated heterocycles. The summed E-state index contributed by atoms with van der Waals surface area (Å²) < 4.78 is 6.65. The third-order valence-electron chi connectivity index (χ3n) is 3.59. The zero-order valence-electron chi connectivity index (χ0n) is 12.0. The second-order valence-corrected chi connectivity index (χ2v) is 6.28. The van der Waals surface area contributed by atoms with Gasteiger partial charge in [-0.25, -0.2) is 0 Å². The molecule has 0 amide bonds. The van der Waals surface area contributed by atoms with Crippen molar-refractivity contribution in [2.45, 2.75) is 26.3 Å². The van der Waals surface area contributed by atoms with Gasteiger partial charge in [-0.05, 0) is 23.6 Å². The number of rotatable bonds is 4. The number of halogens is 1. The lowest BCUT2D eigenvalue weighted by Crippen LogP contribution is -2.43. The molecule has 0 unspecified atom stereocenters. The highest BCUT2D eigenvalue weighted by atomic mass is 79.9. The van der Waals surface area contributed by atoms with E-state index in [0.29, 0.717) is 5.92 Å². The molecule has 1 aromatic rings. The average molecular weight is 327 g/mol. The molecule has 19 heavy (non-hydrogen) atoms. The van der Waals surface area contributed by atoms with E-state index in [1.165, 1.54) is 11.1 Å². The maximum atomic E-state index is 5.56. The summed E-state index contributed by atoms with van der Waals surface area (Å²) in [5, 5.41) is 3.40. The summed E-state index contributed by atoms with van der Waals surface area (Å²) in [5.41, 5.74) is 2.72. The first kappa shape index (κ1) is 14.8. The van der Waals surface area contributed by atoms with E-state index in [9.17, 15) is 0 Å². The normalized spacial score (nSPS) is 16.9. The van der Waals surface area contributed by atoms with Crippen LogP contribution in [0.1, 0.15) is 30.9 Å². The molecule has 1 aromatic carbocycles. The Balaban J connectivity index is 2.28. The van der Waals surface area contributed by atoms with Crippen molar-refractivity contribution in [2.75, 3.05) is 33.3 Å². The predicted molar refractivity (Wildman–Crippen MR) is 82.9 cm³/mol. The minimum Gasteiger partial charge on any atom is -0.496 e. The first-order valence-corrected chi connectivity index (χ1v) is 7.70. The lowest BCUT2D eigenvalue weighted by molar-refractivity contribution is 0.232. The Hall–Kier alpha value is -0.580. The molecule has 4 heteroatoms. The van der Waals surface area contributed by atoms with Gasteiger partial charge in [-0.2, -0.15) is 0 Å². The fourth-order valence-electron chi connectivity index (χ4n) is 2.71. The first-order chi connectivity index (χ1) is 9.11. The van der Waals surface area contributed by atoms with Crippen molar-refractivity contribution in [2.24, 2.45) is 0 Å². The molecule has 106 valence electrons. The minimum absolute atomic E-state index is 0.473. The van der Waals surface area contributed by atoms with Gasteiger partial charge in [0.05, 0.1) is 7.11 Å². The van der Waals surface area contributed by atoms with E-state index in [1.54, 1.807) is 7.11 Å². The highest BCUT2D eigenvalue weighted by Crippen LogP contribution is 2.34. The highest BCUT2D eigenvalue weighted by Gasteiger charge is 2.17. The Morgan fingerprint density at radius 1 is 1.32 bits per heavy atom. The standard InChI is InChI=1S/C15H23BrN2O/c1-11(2)15-12(8-13(16)9-14(15)19-3)10-18-6-4-17-5-7-18/h8-9,11,17H,4-7,10H2,1-3H3. The van der Waals surface area contributed by atoms with Crippen LogP contribution in [0, 0.1) is 0 Å². The van der Waals surface area contributed by atoms with Gasteiger partial charge in [-0.15, -0.1) is 0 Å². The Morgan fingerprint density at radius 2 is 2.00 bits per heavy atom. The molecule has 0 saturated carbocycles. The Bertz CT molecular complexity index is 428. The Kier molecular flexibility index (Phi) is 5.25. The quantitative estimate of drug-likeness (QED) is 0.920. The predicted octanol–water partition coefficient (Wildman–Crippen LogP) is 2.99. The van der Waals surface area contributed by atoms with Crippen molar-refractivity contribution in [1.29, 1.82) is 0 Å². The lowest BCUT2D eigenvalue weighted by atomic mass is 9.95. The number of hydrogen-bond acceptors (Lipinski definition) is 3. The minimum atomic E-state index is 0.473. The van der Waals surface area contributed by atoms with E-state index in [-0.39, 0.29) is 0 Å². The van der Waals surface area contributed by atoms with Crippen LogP contribution in [-0.4, -0.2) is 38.2 Å². The lowest BCUT2D eigenvalue weighted by Gasteiger charge is -2.29. The second-order valence-electron chi connectivity index (χ2n) is 5.36. The largest absolute Gasteiger partial charge is 0.496 e. The van der Waals surface area contributed by atoms with Crippen molar-refractivity contribution < 1.29 is 4.74 Å². The summed E-state index contributed by atoms with van der Waals surface area (Å²) in [6.07, 6.45) is 0. The number of nitrogens with one attached hydrogen (secondary N) is 1. The van der Waals surface area contributed by atoms with Gasteiger partial charge in [-0.3, -0.25) is 4.90 Å². The van der Waals surface area contributed by atoms with Gasteiger partial charge in [0.25, 0.3) is 0 Å². The van der Waals surface area contributed by atoms with Gasteiger partial charge in [0, 0.05) is 42.8 Å². The SMILES string of the molecule is COc1cc(Br)cc(CN2CCNCC2)c1C(C)C.